The van der Waals surface area contributed by atoms with Crippen LogP contribution < -0.4 is 5.32 Å². The van der Waals surface area contributed by atoms with Crippen LogP contribution >= 0.6 is 11.6 Å². The van der Waals surface area contributed by atoms with E-state index >= 15 is 0 Å². The summed E-state index contributed by atoms with van der Waals surface area (Å²) in [6, 6.07) is 15.8. The lowest BCUT2D eigenvalue weighted by Crippen LogP contribution is -2.39. The number of halogens is 1. The molecule has 0 radical (unpaired) electrons. The molecule has 1 heterocycles. The minimum absolute atomic E-state index is 0.0886. The number of carbonyl (C=O) groups excluding carboxylic acids is 1. The number of benzene rings is 2. The number of hydrogen-bond donors (Lipinski definition) is 1. The Bertz CT molecular complexity index is 929. The number of nitrogens with one attached hydrogen (secondary N) is 1. The molecule has 1 unspecified atom stereocenters. The first kappa shape index (κ1) is 15.3. The maximum atomic E-state index is 12.5. The second kappa shape index (κ2) is 5.99. The number of aromatic nitrogens is 1. The number of hydrogen-bond acceptors (Lipinski definition) is 1. The molecular weight excluding hydrogens is 320 g/mol. The lowest BCUT2D eigenvalue weighted by molar-refractivity contribution is 0.0933. The highest BCUT2D eigenvalue weighted by Gasteiger charge is 2.25. The summed E-state index contributed by atoms with van der Waals surface area (Å²) in [5, 5.41) is 4.95. The highest BCUT2D eigenvalue weighted by molar-refractivity contribution is 6.33. The van der Waals surface area contributed by atoms with E-state index in [-0.39, 0.29) is 11.9 Å². The van der Waals surface area contributed by atoms with Gasteiger partial charge in [-0.2, -0.15) is 0 Å². The zero-order valence-electron chi connectivity index (χ0n) is 13.6. The van der Waals surface area contributed by atoms with Crippen LogP contribution in [0.25, 0.3) is 10.9 Å². The molecule has 4 rings (SSSR count). The fraction of sp³-hybridized carbons (Fsp3) is 0.250. The molecule has 4 heteroatoms. The monoisotopic (exact) mass is 338 g/mol. The summed E-state index contributed by atoms with van der Waals surface area (Å²) in [4.78, 5) is 12.5. The van der Waals surface area contributed by atoms with Crippen molar-refractivity contribution >= 4 is 28.4 Å². The fourth-order valence-electron chi connectivity index (χ4n) is 3.76. The van der Waals surface area contributed by atoms with Crippen molar-refractivity contribution in [3.05, 3.63) is 70.4 Å². The van der Waals surface area contributed by atoms with Crippen LogP contribution in [0.5, 0.6) is 0 Å². The summed E-state index contributed by atoms with van der Waals surface area (Å²) < 4.78 is 2.29. The van der Waals surface area contributed by atoms with Gasteiger partial charge in [0.25, 0.3) is 5.91 Å². The molecular formula is C20H19ClN2O. The van der Waals surface area contributed by atoms with Crippen LogP contribution in [0.4, 0.5) is 0 Å². The molecule has 1 aliphatic rings. The van der Waals surface area contributed by atoms with E-state index in [1.807, 2.05) is 12.1 Å². The van der Waals surface area contributed by atoms with E-state index < -0.39 is 0 Å². The maximum absolute atomic E-state index is 12.5. The fourth-order valence-corrected chi connectivity index (χ4v) is 3.98. The van der Waals surface area contributed by atoms with E-state index in [1.165, 1.54) is 22.2 Å². The minimum Gasteiger partial charge on any atom is -0.349 e. The van der Waals surface area contributed by atoms with Crippen LogP contribution in [0.15, 0.2) is 48.5 Å². The average Bonchev–Trinajstić information content (AvgIpc) is 2.88. The Morgan fingerprint density at radius 3 is 2.75 bits per heavy atom. The third kappa shape index (κ3) is 2.49. The largest absolute Gasteiger partial charge is 0.349 e. The van der Waals surface area contributed by atoms with Gasteiger partial charge in [-0.25, -0.2) is 0 Å². The molecule has 0 saturated carbocycles. The molecule has 0 aliphatic heterocycles. The Morgan fingerprint density at radius 1 is 1.17 bits per heavy atom. The molecule has 3 nitrogen and oxygen atoms in total. The second-order valence-electron chi connectivity index (χ2n) is 6.39. The van der Waals surface area contributed by atoms with Gasteiger partial charge in [-0.15, -0.1) is 0 Å². The SMILES string of the molecule is Cn1c2c(c3ccccc31)CC(NC(=O)c1ccccc1Cl)CC2. The minimum atomic E-state index is -0.0886. The molecule has 2 aromatic carbocycles. The van der Waals surface area contributed by atoms with E-state index in [0.29, 0.717) is 10.6 Å². The Morgan fingerprint density at radius 2 is 1.92 bits per heavy atom. The number of amides is 1. The van der Waals surface area contributed by atoms with Crippen molar-refractivity contribution in [2.75, 3.05) is 0 Å². The van der Waals surface area contributed by atoms with E-state index in [4.69, 9.17) is 11.6 Å². The number of nitrogens with zero attached hydrogens (tertiary/aromatic N) is 1. The average molecular weight is 339 g/mol. The van der Waals surface area contributed by atoms with E-state index in [0.717, 1.165) is 19.3 Å². The molecule has 0 saturated heterocycles. The van der Waals surface area contributed by atoms with Crippen LogP contribution in [-0.2, 0) is 19.9 Å². The quantitative estimate of drug-likeness (QED) is 0.749. The van der Waals surface area contributed by atoms with Gasteiger partial charge in [-0.1, -0.05) is 41.9 Å². The number of carbonyl (C=O) groups is 1. The highest BCUT2D eigenvalue weighted by Crippen LogP contribution is 2.31. The summed E-state index contributed by atoms with van der Waals surface area (Å²) in [7, 11) is 2.13. The lowest BCUT2D eigenvalue weighted by atomic mass is 9.91. The first-order chi connectivity index (χ1) is 11.6. The Labute approximate surface area is 146 Å². The summed E-state index contributed by atoms with van der Waals surface area (Å²) >= 11 is 6.14. The molecule has 1 N–H and O–H groups in total. The molecule has 0 spiro atoms. The standard InChI is InChI=1S/C20H19ClN2O/c1-23-18-9-5-3-6-14(18)16-12-13(10-11-19(16)23)22-20(24)15-7-2-4-8-17(15)21/h2-9,13H,10-12H2,1H3,(H,22,24). The first-order valence-electron chi connectivity index (χ1n) is 8.25. The lowest BCUT2D eigenvalue weighted by Gasteiger charge is -2.24. The number of rotatable bonds is 2. The Hall–Kier alpha value is -2.26. The van der Waals surface area contributed by atoms with Crippen molar-refractivity contribution in [2.45, 2.75) is 25.3 Å². The third-order valence-corrected chi connectivity index (χ3v) is 5.31. The van der Waals surface area contributed by atoms with Gasteiger partial charge in [0.1, 0.15) is 0 Å². The predicted molar refractivity (Wildman–Crippen MR) is 97.7 cm³/mol. The van der Waals surface area contributed by atoms with Crippen molar-refractivity contribution in [3.63, 3.8) is 0 Å². The molecule has 1 atom stereocenters. The smallest absolute Gasteiger partial charge is 0.253 e. The van der Waals surface area contributed by atoms with Crippen molar-refractivity contribution < 1.29 is 4.79 Å². The molecule has 122 valence electrons. The zero-order valence-corrected chi connectivity index (χ0v) is 14.3. The van der Waals surface area contributed by atoms with Gasteiger partial charge in [0.15, 0.2) is 0 Å². The Kier molecular flexibility index (Phi) is 3.81. The highest BCUT2D eigenvalue weighted by atomic mass is 35.5. The van der Waals surface area contributed by atoms with Gasteiger partial charge in [0.05, 0.1) is 10.6 Å². The van der Waals surface area contributed by atoms with Gasteiger partial charge in [0, 0.05) is 29.7 Å². The molecule has 0 bridgehead atoms. The third-order valence-electron chi connectivity index (χ3n) is 4.98. The van der Waals surface area contributed by atoms with Crippen molar-refractivity contribution in [3.8, 4) is 0 Å². The maximum Gasteiger partial charge on any atom is 0.253 e. The molecule has 24 heavy (non-hydrogen) atoms. The van der Waals surface area contributed by atoms with Gasteiger partial charge < -0.3 is 9.88 Å². The molecule has 0 fully saturated rings. The molecule has 3 aromatic rings. The van der Waals surface area contributed by atoms with Crippen LogP contribution in [0, 0.1) is 0 Å². The van der Waals surface area contributed by atoms with Crippen LogP contribution in [-0.4, -0.2) is 16.5 Å². The number of fused-ring (bicyclic) bond motifs is 3. The number of aryl methyl sites for hydroxylation is 1. The van der Waals surface area contributed by atoms with Crippen LogP contribution in [0.2, 0.25) is 5.02 Å². The Balaban J connectivity index is 1.60. The van der Waals surface area contributed by atoms with Gasteiger partial charge in [0.2, 0.25) is 0 Å². The van der Waals surface area contributed by atoms with Gasteiger partial charge in [-0.3, -0.25) is 4.79 Å². The summed E-state index contributed by atoms with van der Waals surface area (Å²) in [5.41, 5.74) is 4.56. The zero-order chi connectivity index (χ0) is 16.7. The summed E-state index contributed by atoms with van der Waals surface area (Å²) in [5.74, 6) is -0.0886. The van der Waals surface area contributed by atoms with Crippen LogP contribution in [0.3, 0.4) is 0 Å². The van der Waals surface area contributed by atoms with Crippen molar-refractivity contribution in [1.82, 2.24) is 9.88 Å². The summed E-state index contributed by atoms with van der Waals surface area (Å²) in [6.45, 7) is 0. The summed E-state index contributed by atoms with van der Waals surface area (Å²) in [6.07, 6.45) is 2.80. The molecule has 1 aromatic heterocycles. The first-order valence-corrected chi connectivity index (χ1v) is 8.63. The normalized spacial score (nSPS) is 16.8. The van der Waals surface area contributed by atoms with Crippen LogP contribution in [0.1, 0.15) is 28.0 Å². The van der Waals surface area contributed by atoms with E-state index in [2.05, 4.69) is 41.2 Å². The topological polar surface area (TPSA) is 34.0 Å². The second-order valence-corrected chi connectivity index (χ2v) is 6.80. The molecule has 1 aliphatic carbocycles. The number of para-hydroxylation sites is 1. The molecule has 1 amide bonds. The van der Waals surface area contributed by atoms with Crippen molar-refractivity contribution in [1.29, 1.82) is 0 Å². The van der Waals surface area contributed by atoms with Gasteiger partial charge in [-0.05, 0) is 43.0 Å². The van der Waals surface area contributed by atoms with E-state index in [9.17, 15) is 4.79 Å². The van der Waals surface area contributed by atoms with Crippen molar-refractivity contribution in [2.24, 2.45) is 7.05 Å². The van der Waals surface area contributed by atoms with E-state index in [1.54, 1.807) is 12.1 Å². The predicted octanol–water partition coefficient (Wildman–Crippen LogP) is 4.12. The van der Waals surface area contributed by atoms with Gasteiger partial charge >= 0.3 is 0 Å².